The first kappa shape index (κ1) is 16.0. The molecule has 4 nitrogen and oxygen atoms in total. The van der Waals surface area contributed by atoms with Gasteiger partial charge in [0.25, 0.3) is 0 Å². The lowest BCUT2D eigenvalue weighted by Crippen LogP contribution is -2.22. The van der Waals surface area contributed by atoms with Crippen LogP contribution < -0.4 is 5.32 Å². The number of hydrogen-bond donors (Lipinski definition) is 1. The fourth-order valence-electron chi connectivity index (χ4n) is 1.70. The van der Waals surface area contributed by atoms with Crippen molar-refractivity contribution in [2.45, 2.75) is 37.3 Å². The van der Waals surface area contributed by atoms with E-state index < -0.39 is 0 Å². The molecule has 0 fully saturated rings. The van der Waals surface area contributed by atoms with Crippen molar-refractivity contribution in [2.24, 2.45) is 5.92 Å². The van der Waals surface area contributed by atoms with Crippen LogP contribution in [0.1, 0.15) is 25.8 Å². The predicted octanol–water partition coefficient (Wildman–Crippen LogP) is 3.86. The second kappa shape index (κ2) is 7.56. The van der Waals surface area contributed by atoms with E-state index in [1.165, 1.54) is 23.1 Å². The highest BCUT2D eigenvalue weighted by Gasteiger charge is 2.16. The van der Waals surface area contributed by atoms with E-state index in [9.17, 15) is 4.79 Å². The summed E-state index contributed by atoms with van der Waals surface area (Å²) in [5.41, 5.74) is 0. The van der Waals surface area contributed by atoms with Crippen molar-refractivity contribution in [3.63, 3.8) is 0 Å². The molecule has 0 spiro atoms. The zero-order valence-corrected chi connectivity index (χ0v) is 14.0. The molecule has 2 rings (SSSR count). The molecule has 0 aliphatic rings. The first-order valence-corrected chi connectivity index (χ1v) is 8.59. The molecule has 0 bridgehead atoms. The largest absolute Gasteiger partial charge is 0.300 e. The van der Waals surface area contributed by atoms with Crippen LogP contribution in [0.3, 0.4) is 0 Å². The third-order valence-electron chi connectivity index (χ3n) is 2.71. The summed E-state index contributed by atoms with van der Waals surface area (Å²) in [5, 5.41) is 12.3. The predicted molar refractivity (Wildman–Crippen MR) is 88.8 cm³/mol. The first-order valence-electron chi connectivity index (χ1n) is 6.89. The molecule has 1 aromatic heterocycles. The van der Waals surface area contributed by atoms with Crippen LogP contribution in [0.15, 0.2) is 35.2 Å². The van der Waals surface area contributed by atoms with Gasteiger partial charge in [0.15, 0.2) is 0 Å². The Kier molecular flexibility index (Phi) is 5.76. The number of aromatic nitrogens is 2. The Morgan fingerprint density at radius 1 is 1.24 bits per heavy atom. The topological polar surface area (TPSA) is 54.9 Å². The molecule has 0 aliphatic carbocycles. The van der Waals surface area contributed by atoms with Crippen LogP contribution in [-0.4, -0.2) is 21.4 Å². The van der Waals surface area contributed by atoms with Gasteiger partial charge in [-0.15, -0.1) is 22.0 Å². The summed E-state index contributed by atoms with van der Waals surface area (Å²) < 4.78 is 0. The number of thioether (sulfide) groups is 1. The van der Waals surface area contributed by atoms with E-state index >= 15 is 0 Å². The van der Waals surface area contributed by atoms with Crippen LogP contribution in [0.5, 0.6) is 0 Å². The molecule has 0 saturated carbocycles. The maximum Gasteiger partial charge on any atom is 0.239 e. The standard InChI is InChI=1S/C15H19N3OS2/c1-10(2)9-13-17-18-15(21-13)16-14(19)11(3)20-12-7-5-4-6-8-12/h4-8,10-11H,9H2,1-3H3,(H,16,18,19). The molecule has 0 radical (unpaired) electrons. The zero-order valence-electron chi connectivity index (χ0n) is 12.4. The summed E-state index contributed by atoms with van der Waals surface area (Å²) in [6.45, 7) is 6.17. The van der Waals surface area contributed by atoms with Gasteiger partial charge >= 0.3 is 0 Å². The highest BCUT2D eigenvalue weighted by atomic mass is 32.2. The van der Waals surface area contributed by atoms with Crippen molar-refractivity contribution in [3.8, 4) is 0 Å². The molecule has 112 valence electrons. The Labute approximate surface area is 133 Å². The minimum absolute atomic E-state index is 0.0453. The molecule has 0 saturated heterocycles. The van der Waals surface area contributed by atoms with E-state index in [4.69, 9.17) is 0 Å². The molecule has 1 unspecified atom stereocenters. The molecule has 1 atom stereocenters. The van der Waals surface area contributed by atoms with E-state index in [1.54, 1.807) is 0 Å². The molecular weight excluding hydrogens is 302 g/mol. The molecular formula is C15H19N3OS2. The first-order chi connectivity index (χ1) is 10.0. The number of hydrogen-bond acceptors (Lipinski definition) is 5. The summed E-state index contributed by atoms with van der Waals surface area (Å²) in [4.78, 5) is 13.2. The van der Waals surface area contributed by atoms with Gasteiger partial charge in [0.1, 0.15) is 5.01 Å². The van der Waals surface area contributed by atoms with Crippen molar-refractivity contribution < 1.29 is 4.79 Å². The Morgan fingerprint density at radius 2 is 1.95 bits per heavy atom. The van der Waals surface area contributed by atoms with Crippen LogP contribution >= 0.6 is 23.1 Å². The summed E-state index contributed by atoms with van der Waals surface area (Å²) >= 11 is 2.98. The van der Waals surface area contributed by atoms with Crippen molar-refractivity contribution in [2.75, 3.05) is 5.32 Å². The smallest absolute Gasteiger partial charge is 0.239 e. The number of carbonyl (C=O) groups is 1. The number of nitrogens with zero attached hydrogens (tertiary/aromatic N) is 2. The fourth-order valence-corrected chi connectivity index (χ4v) is 3.54. The lowest BCUT2D eigenvalue weighted by atomic mass is 10.1. The van der Waals surface area contributed by atoms with E-state index in [-0.39, 0.29) is 11.2 Å². The van der Waals surface area contributed by atoms with Crippen LogP contribution in [0.25, 0.3) is 0 Å². The molecule has 1 N–H and O–H groups in total. The second-order valence-electron chi connectivity index (χ2n) is 5.16. The Bertz CT molecular complexity index is 584. The van der Waals surface area contributed by atoms with E-state index in [0.29, 0.717) is 11.0 Å². The molecule has 0 aliphatic heterocycles. The molecule has 1 heterocycles. The Balaban J connectivity index is 1.90. The van der Waals surface area contributed by atoms with Gasteiger partial charge in [-0.2, -0.15) is 0 Å². The van der Waals surface area contributed by atoms with Gasteiger partial charge in [0.2, 0.25) is 11.0 Å². The molecule has 2 aromatic rings. The molecule has 6 heteroatoms. The van der Waals surface area contributed by atoms with Gasteiger partial charge in [-0.3, -0.25) is 10.1 Å². The number of rotatable bonds is 6. The average Bonchev–Trinajstić information content (AvgIpc) is 2.86. The second-order valence-corrected chi connectivity index (χ2v) is 7.64. The Hall–Kier alpha value is -1.40. The minimum Gasteiger partial charge on any atom is -0.300 e. The van der Waals surface area contributed by atoms with Gasteiger partial charge in [-0.05, 0) is 25.0 Å². The molecule has 1 amide bonds. The third kappa shape index (κ3) is 5.13. The summed E-state index contributed by atoms with van der Waals surface area (Å²) in [5.74, 6) is 0.491. The van der Waals surface area contributed by atoms with E-state index in [1.807, 2.05) is 37.3 Å². The lowest BCUT2D eigenvalue weighted by molar-refractivity contribution is -0.115. The third-order valence-corrected chi connectivity index (χ3v) is 4.68. The molecule has 21 heavy (non-hydrogen) atoms. The minimum atomic E-state index is -0.176. The maximum atomic E-state index is 12.2. The lowest BCUT2D eigenvalue weighted by Gasteiger charge is -2.09. The number of nitrogens with one attached hydrogen (secondary N) is 1. The van der Waals surface area contributed by atoms with E-state index in [0.717, 1.165) is 16.3 Å². The van der Waals surface area contributed by atoms with Crippen molar-refractivity contribution in [3.05, 3.63) is 35.3 Å². The van der Waals surface area contributed by atoms with E-state index in [2.05, 4.69) is 29.4 Å². The highest BCUT2D eigenvalue weighted by Crippen LogP contribution is 2.24. The zero-order chi connectivity index (χ0) is 15.2. The highest BCUT2D eigenvalue weighted by molar-refractivity contribution is 8.00. The molecule has 1 aromatic carbocycles. The number of benzene rings is 1. The maximum absolute atomic E-state index is 12.2. The fraction of sp³-hybridized carbons (Fsp3) is 0.400. The van der Waals surface area contributed by atoms with Gasteiger partial charge < -0.3 is 0 Å². The normalized spacial score (nSPS) is 12.4. The van der Waals surface area contributed by atoms with Gasteiger partial charge in [0, 0.05) is 11.3 Å². The monoisotopic (exact) mass is 321 g/mol. The van der Waals surface area contributed by atoms with Crippen molar-refractivity contribution in [1.29, 1.82) is 0 Å². The van der Waals surface area contributed by atoms with Crippen LogP contribution in [-0.2, 0) is 11.2 Å². The van der Waals surface area contributed by atoms with Crippen molar-refractivity contribution in [1.82, 2.24) is 10.2 Å². The SMILES string of the molecule is CC(C)Cc1nnc(NC(=O)C(C)Sc2ccccc2)s1. The van der Waals surface area contributed by atoms with Crippen LogP contribution in [0.4, 0.5) is 5.13 Å². The van der Waals surface area contributed by atoms with Gasteiger partial charge in [0.05, 0.1) is 5.25 Å². The average molecular weight is 321 g/mol. The number of anilines is 1. The van der Waals surface area contributed by atoms with Gasteiger partial charge in [-0.1, -0.05) is 43.4 Å². The summed E-state index contributed by atoms with van der Waals surface area (Å²) in [6, 6.07) is 9.90. The van der Waals surface area contributed by atoms with Crippen molar-refractivity contribution >= 4 is 34.1 Å². The number of carbonyl (C=O) groups excluding carboxylic acids is 1. The quantitative estimate of drug-likeness (QED) is 0.821. The summed E-state index contributed by atoms with van der Waals surface area (Å²) in [6.07, 6.45) is 0.891. The van der Waals surface area contributed by atoms with Crippen LogP contribution in [0.2, 0.25) is 0 Å². The van der Waals surface area contributed by atoms with Crippen LogP contribution in [0, 0.1) is 5.92 Å². The van der Waals surface area contributed by atoms with Gasteiger partial charge in [-0.25, -0.2) is 0 Å². The number of amides is 1. The summed E-state index contributed by atoms with van der Waals surface area (Å²) in [7, 11) is 0. The Morgan fingerprint density at radius 3 is 2.62 bits per heavy atom.